The van der Waals surface area contributed by atoms with Crippen LogP contribution in [0.2, 0.25) is 0 Å². The number of nitrogens with zero attached hydrogens (tertiary/aromatic N) is 3. The van der Waals surface area contributed by atoms with Crippen molar-refractivity contribution in [2.75, 3.05) is 17.6 Å². The Morgan fingerprint density at radius 1 is 1.56 bits per heavy atom. The molecule has 2 aromatic heterocycles. The number of H-pyrrole nitrogens is 1. The van der Waals surface area contributed by atoms with Gasteiger partial charge in [0.15, 0.2) is 16.6 Å². The molecule has 0 spiro atoms. The molecule has 4 N–H and O–H groups in total. The molecule has 8 heteroatoms. The molecule has 98 valence electrons. The quantitative estimate of drug-likeness (QED) is 0.729. The number of nitrogens with one attached hydrogen (secondary N) is 2. The Hall–Kier alpha value is -1.83. The van der Waals surface area contributed by atoms with Crippen molar-refractivity contribution in [3.63, 3.8) is 0 Å². The van der Waals surface area contributed by atoms with Crippen molar-refractivity contribution in [1.82, 2.24) is 19.6 Å². The molecule has 2 aromatic rings. The highest BCUT2D eigenvalue weighted by atomic mass is 32.1. The van der Waals surface area contributed by atoms with Gasteiger partial charge in [-0.1, -0.05) is 0 Å². The zero-order valence-electron chi connectivity index (χ0n) is 10.3. The first-order valence-electron chi connectivity index (χ1n) is 5.66. The average molecular weight is 268 g/mol. The molecular weight excluding hydrogens is 252 g/mol. The topological polar surface area (TPSA) is 102 Å². The van der Waals surface area contributed by atoms with Gasteiger partial charge in [0.2, 0.25) is 0 Å². The Kier molecular flexibility index (Phi) is 3.98. The van der Waals surface area contributed by atoms with Gasteiger partial charge >= 0.3 is 0 Å². The molecule has 2 rings (SSSR count). The van der Waals surface area contributed by atoms with Crippen LogP contribution in [0.15, 0.2) is 6.33 Å². The summed E-state index contributed by atoms with van der Waals surface area (Å²) < 4.78 is 9.71. The SMILES string of the molecule is CC(C)Oc1c(N)nsc1NCCc1ncn[nH]1. The number of hydrogen-bond acceptors (Lipinski definition) is 7. The van der Waals surface area contributed by atoms with E-state index in [-0.39, 0.29) is 6.10 Å². The maximum Gasteiger partial charge on any atom is 0.197 e. The number of aromatic amines is 1. The third kappa shape index (κ3) is 3.10. The van der Waals surface area contributed by atoms with Crippen molar-refractivity contribution < 1.29 is 4.74 Å². The molecule has 0 fully saturated rings. The normalized spacial score (nSPS) is 10.8. The van der Waals surface area contributed by atoms with E-state index in [1.165, 1.54) is 17.9 Å². The van der Waals surface area contributed by atoms with Crippen molar-refractivity contribution in [3.05, 3.63) is 12.2 Å². The first-order chi connectivity index (χ1) is 8.66. The second-order valence-corrected chi connectivity index (χ2v) is 4.78. The van der Waals surface area contributed by atoms with Crippen molar-refractivity contribution in [1.29, 1.82) is 0 Å². The predicted molar refractivity (Wildman–Crippen MR) is 70.9 cm³/mol. The standard InChI is InChI=1S/C10H16N6OS/c1-6(2)17-8-9(11)16-18-10(8)12-4-3-7-13-5-14-15-7/h5-6,12H,3-4H2,1-2H3,(H2,11,16)(H,13,14,15). The molecule has 2 heterocycles. The molecular formula is C10H16N6OS. The Labute approximate surface area is 109 Å². The van der Waals surface area contributed by atoms with Gasteiger partial charge < -0.3 is 15.8 Å². The minimum absolute atomic E-state index is 0.0681. The Balaban J connectivity index is 1.92. The summed E-state index contributed by atoms with van der Waals surface area (Å²) in [6.07, 6.45) is 2.31. The number of ether oxygens (including phenoxy) is 1. The average Bonchev–Trinajstić information content (AvgIpc) is 2.93. The van der Waals surface area contributed by atoms with Gasteiger partial charge in [-0.3, -0.25) is 5.10 Å². The van der Waals surface area contributed by atoms with Crippen LogP contribution in [0.5, 0.6) is 5.75 Å². The number of nitrogen functional groups attached to an aromatic ring is 1. The van der Waals surface area contributed by atoms with Crippen LogP contribution in [-0.2, 0) is 6.42 Å². The van der Waals surface area contributed by atoms with Gasteiger partial charge in [-0.15, -0.1) is 0 Å². The van der Waals surface area contributed by atoms with E-state index in [4.69, 9.17) is 10.5 Å². The molecule has 0 radical (unpaired) electrons. The highest BCUT2D eigenvalue weighted by molar-refractivity contribution is 7.11. The van der Waals surface area contributed by atoms with Crippen molar-refractivity contribution in [2.24, 2.45) is 0 Å². The van der Waals surface area contributed by atoms with Crippen molar-refractivity contribution in [3.8, 4) is 5.75 Å². The molecule has 0 aliphatic carbocycles. The van der Waals surface area contributed by atoms with Gasteiger partial charge in [0.25, 0.3) is 0 Å². The number of aromatic nitrogens is 4. The summed E-state index contributed by atoms with van der Waals surface area (Å²) in [5.41, 5.74) is 5.76. The summed E-state index contributed by atoms with van der Waals surface area (Å²) in [4.78, 5) is 4.05. The first-order valence-corrected chi connectivity index (χ1v) is 6.44. The number of rotatable bonds is 6. The van der Waals surface area contributed by atoms with Crippen LogP contribution in [-0.4, -0.2) is 32.2 Å². The van der Waals surface area contributed by atoms with Gasteiger partial charge in [-0.05, 0) is 25.4 Å². The molecule has 0 saturated heterocycles. The van der Waals surface area contributed by atoms with E-state index in [0.29, 0.717) is 18.1 Å². The summed E-state index contributed by atoms with van der Waals surface area (Å²) >= 11 is 1.30. The second-order valence-electron chi connectivity index (χ2n) is 4.00. The van der Waals surface area contributed by atoms with E-state index in [2.05, 4.69) is 24.9 Å². The van der Waals surface area contributed by atoms with Gasteiger partial charge in [0, 0.05) is 13.0 Å². The van der Waals surface area contributed by atoms with Crippen LogP contribution in [0.1, 0.15) is 19.7 Å². The molecule has 0 bridgehead atoms. The molecule has 0 aliphatic heterocycles. The number of nitrogens with two attached hydrogens (primary N) is 1. The van der Waals surface area contributed by atoms with Crippen LogP contribution in [0.3, 0.4) is 0 Å². The van der Waals surface area contributed by atoms with Gasteiger partial charge in [0.05, 0.1) is 6.10 Å². The fourth-order valence-electron chi connectivity index (χ4n) is 1.40. The minimum atomic E-state index is 0.0681. The smallest absolute Gasteiger partial charge is 0.197 e. The molecule has 0 aromatic carbocycles. The van der Waals surface area contributed by atoms with Gasteiger partial charge in [-0.25, -0.2) is 4.98 Å². The molecule has 0 amide bonds. The molecule has 7 nitrogen and oxygen atoms in total. The van der Waals surface area contributed by atoms with Gasteiger partial charge in [0.1, 0.15) is 12.2 Å². The fourth-order valence-corrected chi connectivity index (χ4v) is 2.08. The van der Waals surface area contributed by atoms with Crippen LogP contribution in [0.4, 0.5) is 10.8 Å². The van der Waals surface area contributed by atoms with Gasteiger partial charge in [-0.2, -0.15) is 9.47 Å². The zero-order chi connectivity index (χ0) is 13.0. The maximum absolute atomic E-state index is 5.76. The summed E-state index contributed by atoms with van der Waals surface area (Å²) in [6.45, 7) is 4.62. The number of anilines is 2. The van der Waals surface area contributed by atoms with E-state index >= 15 is 0 Å². The second kappa shape index (κ2) is 5.67. The molecule has 0 unspecified atom stereocenters. The van der Waals surface area contributed by atoms with E-state index < -0.39 is 0 Å². The molecule has 0 atom stereocenters. The van der Waals surface area contributed by atoms with E-state index in [0.717, 1.165) is 17.2 Å². The van der Waals surface area contributed by atoms with Crippen molar-refractivity contribution >= 4 is 22.4 Å². The molecule has 0 saturated carbocycles. The monoisotopic (exact) mass is 268 g/mol. The summed E-state index contributed by atoms with van der Waals surface area (Å²) in [5.74, 6) is 1.90. The predicted octanol–water partition coefficient (Wildman–Crippen LogP) is 1.29. The lowest BCUT2D eigenvalue weighted by Crippen LogP contribution is -2.10. The summed E-state index contributed by atoms with van der Waals surface area (Å²) in [5, 5.41) is 10.7. The first kappa shape index (κ1) is 12.6. The van der Waals surface area contributed by atoms with Crippen molar-refractivity contribution in [2.45, 2.75) is 26.4 Å². The fraction of sp³-hybridized carbons (Fsp3) is 0.500. The Morgan fingerprint density at radius 3 is 3.06 bits per heavy atom. The lowest BCUT2D eigenvalue weighted by atomic mass is 10.4. The maximum atomic E-state index is 5.76. The largest absolute Gasteiger partial charge is 0.484 e. The molecule has 18 heavy (non-hydrogen) atoms. The highest BCUT2D eigenvalue weighted by Gasteiger charge is 2.14. The van der Waals surface area contributed by atoms with Crippen LogP contribution in [0.25, 0.3) is 0 Å². The third-order valence-electron chi connectivity index (χ3n) is 2.14. The zero-order valence-corrected chi connectivity index (χ0v) is 11.1. The molecule has 0 aliphatic rings. The van der Waals surface area contributed by atoms with Crippen LogP contribution < -0.4 is 15.8 Å². The summed E-state index contributed by atoms with van der Waals surface area (Å²) in [6, 6.07) is 0. The van der Waals surface area contributed by atoms with E-state index in [9.17, 15) is 0 Å². The number of hydrogen-bond donors (Lipinski definition) is 3. The summed E-state index contributed by atoms with van der Waals surface area (Å²) in [7, 11) is 0. The highest BCUT2D eigenvalue weighted by Crippen LogP contribution is 2.35. The van der Waals surface area contributed by atoms with E-state index in [1.54, 1.807) is 0 Å². The Morgan fingerprint density at radius 2 is 2.39 bits per heavy atom. The Bertz CT molecular complexity index is 481. The lowest BCUT2D eigenvalue weighted by Gasteiger charge is -2.11. The van der Waals surface area contributed by atoms with E-state index in [1.807, 2.05) is 13.8 Å². The third-order valence-corrected chi connectivity index (χ3v) is 2.94. The van der Waals surface area contributed by atoms with Crippen LogP contribution in [0, 0.1) is 0 Å². The minimum Gasteiger partial charge on any atom is -0.484 e. The van der Waals surface area contributed by atoms with Crippen LogP contribution >= 0.6 is 11.5 Å². The lowest BCUT2D eigenvalue weighted by molar-refractivity contribution is 0.245.